The van der Waals surface area contributed by atoms with Crippen LogP contribution in [0.4, 0.5) is 0 Å². The molecule has 0 saturated heterocycles. The van der Waals surface area contributed by atoms with Crippen LogP contribution in [0.15, 0.2) is 25.0 Å². The maximum absolute atomic E-state index is 14.6. The van der Waals surface area contributed by atoms with Crippen molar-refractivity contribution < 1.29 is 53.1 Å². The molecule has 0 aromatic heterocycles. The van der Waals surface area contributed by atoms with Crippen molar-refractivity contribution in [3.8, 4) is 0 Å². The molecule has 0 aromatic rings. The van der Waals surface area contributed by atoms with Gasteiger partial charge in [0.2, 0.25) is 53.2 Å². The fraction of sp³-hybridized carbons (Fsp3) is 0.717. The van der Waals surface area contributed by atoms with Crippen molar-refractivity contribution in [1.82, 2.24) is 42.5 Å². The predicted molar refractivity (Wildman–Crippen MR) is 348 cm³/mol. The highest BCUT2D eigenvalue weighted by Gasteiger charge is 2.35. The predicted octanol–water partition coefficient (Wildman–Crippen LogP) is -9.80. The minimum absolute atomic E-state index is 0.00406. The van der Waals surface area contributed by atoms with Gasteiger partial charge in [0.1, 0.15) is 48.3 Å². The third kappa shape index (κ3) is 39.8. The van der Waals surface area contributed by atoms with Gasteiger partial charge in [0.05, 0.1) is 6.04 Å². The molecule has 0 aromatic carbocycles. The zero-order valence-electron chi connectivity index (χ0n) is 52.6. The van der Waals surface area contributed by atoms with E-state index in [1.165, 1.54) is 0 Å². The molecule has 0 aliphatic rings. The van der Waals surface area contributed by atoms with E-state index in [0.717, 1.165) is 0 Å². The van der Waals surface area contributed by atoms with Crippen molar-refractivity contribution >= 4 is 88.9 Å². The van der Waals surface area contributed by atoms with E-state index in [0.29, 0.717) is 44.9 Å². The van der Waals surface area contributed by atoms with Gasteiger partial charge in [-0.05, 0) is 148 Å². The van der Waals surface area contributed by atoms with E-state index in [-0.39, 0.29) is 159 Å². The summed E-state index contributed by atoms with van der Waals surface area (Å²) < 4.78 is 0. The van der Waals surface area contributed by atoms with Crippen LogP contribution in [0.3, 0.4) is 0 Å². The third-order valence-corrected chi connectivity index (χ3v) is 13.7. The number of hydrogen-bond acceptors (Lipinski definition) is 19. The highest BCUT2D eigenvalue weighted by molar-refractivity contribution is 5.98. The van der Waals surface area contributed by atoms with Crippen molar-refractivity contribution in [3.63, 3.8) is 0 Å². The van der Waals surface area contributed by atoms with Crippen molar-refractivity contribution in [2.45, 2.75) is 189 Å². The van der Waals surface area contributed by atoms with Gasteiger partial charge in [0.25, 0.3) is 0 Å². The summed E-state index contributed by atoms with van der Waals surface area (Å²) in [5.41, 5.74) is 83.9. The number of nitrogens with one attached hydrogen (secondary N) is 8. The number of aliphatic imine (C=N–C) groups is 5. The number of amides is 9. The number of nitrogens with zero attached hydrogens (tertiary/aromatic N) is 5. The quantitative estimate of drug-likeness (QED) is 0.0153. The average molecular weight is 1310 g/mol. The highest BCUT2D eigenvalue weighted by atomic mass is 16.4. The molecule has 0 aliphatic carbocycles. The number of hydrogen-bond donors (Lipinski definition) is 24. The smallest absolute Gasteiger partial charge is 0.326 e. The second-order valence-corrected chi connectivity index (χ2v) is 21.5. The van der Waals surface area contributed by atoms with E-state index in [1.807, 2.05) is 0 Å². The van der Waals surface area contributed by atoms with Crippen LogP contribution in [0.2, 0.25) is 0 Å². The van der Waals surface area contributed by atoms with Gasteiger partial charge in [-0.2, -0.15) is 0 Å². The number of aliphatic carboxylic acids is 1. The lowest BCUT2D eigenvalue weighted by Crippen LogP contribution is -2.60. The first-order valence-corrected chi connectivity index (χ1v) is 30.6. The Morgan fingerprint density at radius 1 is 0.283 bits per heavy atom. The first-order chi connectivity index (χ1) is 43.6. The molecule has 0 rings (SSSR count). The van der Waals surface area contributed by atoms with E-state index in [2.05, 4.69) is 67.5 Å². The van der Waals surface area contributed by atoms with E-state index in [9.17, 15) is 53.1 Å². The van der Waals surface area contributed by atoms with Crippen LogP contribution in [-0.2, 0) is 47.9 Å². The van der Waals surface area contributed by atoms with Crippen molar-refractivity contribution in [2.24, 2.45) is 111 Å². The molecule has 0 fully saturated rings. The number of guanidine groups is 5. The number of unbranched alkanes of at least 4 members (excludes halogenated alkanes) is 3. The molecule has 0 spiro atoms. The monoisotopic (exact) mass is 1310 g/mol. The van der Waals surface area contributed by atoms with Crippen LogP contribution < -0.4 is 129 Å². The van der Waals surface area contributed by atoms with Crippen LogP contribution in [0, 0.1) is 0 Å². The average Bonchev–Trinajstić information content (AvgIpc) is 1.63. The van der Waals surface area contributed by atoms with Crippen molar-refractivity contribution in [1.29, 1.82) is 0 Å². The summed E-state index contributed by atoms with van der Waals surface area (Å²) in [6.45, 7) is 0.843. The molecule has 0 saturated carbocycles. The number of carbonyl (C=O) groups excluding carboxylic acids is 9. The summed E-state index contributed by atoms with van der Waals surface area (Å²) >= 11 is 0. The second-order valence-electron chi connectivity index (χ2n) is 21.5. The molecule has 0 aliphatic heterocycles. The molecule has 524 valence electrons. The molecule has 0 radical (unpaired) electrons. The molecular weight excluding hydrogens is 1200 g/mol. The molecule has 9 atom stereocenters. The Labute approximate surface area is 535 Å². The van der Waals surface area contributed by atoms with E-state index in [4.69, 9.17) is 86.0 Å². The van der Waals surface area contributed by atoms with Gasteiger partial charge in [0, 0.05) is 39.1 Å². The number of primary amides is 1. The standard InChI is InChI=1S/C53H106N28O11/c54-22-4-1-13-31(74-40(83)30(57)12-7-25-69-49(59)60)41(84)75-32(14-2-5-23-55)42(85)76-33(16-8-26-70-50(61)62)43(86)77-35(18-10-28-72-52(65)66)45(88)80-37(20-21-39(58)82)47(90)79-34(17-9-27-71-51(63)64)44(87)78-36(19-11-29-73-53(67)68)46(89)81-38(48(91)92)15-3-6-24-56/h30-38H,1-29,54-57H2,(H2,58,82)(H,74,83)(H,75,84)(H,76,85)(H,77,86)(H,78,87)(H,79,90)(H,80,88)(H,81,89)(H,91,92)(H4,59,60,69)(H4,61,62,70)(H4,63,64,71)(H4,65,66,72)(H4,67,68,73)/t30-,31+,32+,33+,34+,35-,36-,37+,38+/m1/s1. The van der Waals surface area contributed by atoms with Gasteiger partial charge in [-0.25, -0.2) is 4.79 Å². The van der Waals surface area contributed by atoms with E-state index in [1.54, 1.807) is 0 Å². The summed E-state index contributed by atoms with van der Waals surface area (Å²) in [5.74, 6) is -10.6. The van der Waals surface area contributed by atoms with Gasteiger partial charge in [-0.3, -0.25) is 68.1 Å². The zero-order valence-corrected chi connectivity index (χ0v) is 52.6. The van der Waals surface area contributed by atoms with E-state index >= 15 is 0 Å². The van der Waals surface area contributed by atoms with Gasteiger partial charge in [-0.1, -0.05) is 0 Å². The minimum Gasteiger partial charge on any atom is -0.480 e. The van der Waals surface area contributed by atoms with Crippen LogP contribution in [-0.4, -0.2) is 201 Å². The summed E-state index contributed by atoms with van der Waals surface area (Å²) in [4.78, 5) is 158. The number of rotatable bonds is 52. The Hall–Kier alpha value is -9.11. The number of nitrogens with two attached hydrogens (primary N) is 15. The molecule has 39 heteroatoms. The lowest BCUT2D eigenvalue weighted by Gasteiger charge is -2.28. The first-order valence-electron chi connectivity index (χ1n) is 30.6. The summed E-state index contributed by atoms with van der Waals surface area (Å²) in [5, 5.41) is 30.7. The Morgan fingerprint density at radius 3 is 0.717 bits per heavy atom. The van der Waals surface area contributed by atoms with Crippen LogP contribution in [0.25, 0.3) is 0 Å². The number of carbonyl (C=O) groups is 10. The summed E-state index contributed by atoms with van der Waals surface area (Å²) in [6, 6.07) is -12.6. The normalized spacial score (nSPS) is 13.7. The summed E-state index contributed by atoms with van der Waals surface area (Å²) in [7, 11) is 0. The van der Waals surface area contributed by atoms with Gasteiger partial charge in [0.15, 0.2) is 29.8 Å². The Bertz CT molecular complexity index is 2450. The fourth-order valence-electron chi connectivity index (χ4n) is 8.75. The number of carboxylic acid groups (broad SMARTS) is 1. The van der Waals surface area contributed by atoms with Crippen LogP contribution in [0.5, 0.6) is 0 Å². The molecule has 0 unspecified atom stereocenters. The van der Waals surface area contributed by atoms with Gasteiger partial charge >= 0.3 is 5.97 Å². The van der Waals surface area contributed by atoms with Crippen LogP contribution in [0.1, 0.15) is 135 Å². The molecule has 39 nitrogen and oxygen atoms in total. The maximum Gasteiger partial charge on any atom is 0.326 e. The SMILES string of the molecule is NCCCC[C@H](NC(=O)[C@@H](CCCN=C(N)N)NC(=O)[C@H](CCCN=C(N)N)NC(=O)[C@H](CCC(N)=O)NC(=O)[C@@H](CCCN=C(N)N)NC(=O)[C@H](CCCN=C(N)N)NC(=O)[C@H](CCCCN)NC(=O)[C@H](CCCCN)NC(=O)[C@H](N)CCCN=C(N)N)C(=O)O. The fourth-order valence-corrected chi connectivity index (χ4v) is 8.75. The lowest BCUT2D eigenvalue weighted by atomic mass is 10.0. The van der Waals surface area contributed by atoms with Crippen molar-refractivity contribution in [2.75, 3.05) is 52.4 Å². The molecule has 39 N–H and O–H groups in total. The molecule has 0 heterocycles. The Morgan fingerprint density at radius 2 is 0.489 bits per heavy atom. The summed E-state index contributed by atoms with van der Waals surface area (Å²) in [6.07, 6.45) is 1.64. The van der Waals surface area contributed by atoms with Gasteiger partial charge in [-0.15, -0.1) is 0 Å². The molecule has 9 amide bonds. The number of carboxylic acids is 1. The molecular formula is C53H106N28O11. The highest BCUT2D eigenvalue weighted by Crippen LogP contribution is 2.12. The second kappa shape index (κ2) is 48.7. The molecule has 92 heavy (non-hydrogen) atoms. The lowest BCUT2D eigenvalue weighted by molar-refractivity contribution is -0.142. The van der Waals surface area contributed by atoms with E-state index < -0.39 is 126 Å². The molecule has 0 bridgehead atoms. The van der Waals surface area contributed by atoms with Crippen LogP contribution >= 0.6 is 0 Å². The Balaban J connectivity index is 7.43. The zero-order chi connectivity index (χ0) is 69.6. The van der Waals surface area contributed by atoms with Gasteiger partial charge < -0.3 is 134 Å². The minimum atomic E-state index is -1.67. The largest absolute Gasteiger partial charge is 0.480 e. The Kier molecular flexibility index (Phi) is 43.9. The maximum atomic E-state index is 14.6. The van der Waals surface area contributed by atoms with Crippen molar-refractivity contribution in [3.05, 3.63) is 0 Å². The topological polar surface area (TPSA) is 739 Å². The third-order valence-electron chi connectivity index (χ3n) is 13.7. The first kappa shape index (κ1) is 82.9.